The second kappa shape index (κ2) is 5.00. The van der Waals surface area contributed by atoms with E-state index < -0.39 is 5.97 Å². The van der Waals surface area contributed by atoms with Gasteiger partial charge in [-0.1, -0.05) is 35.3 Å². The largest absolute Gasteiger partial charge is 0.478 e. The SMILES string of the molecule is CCn1cc(C(=O)O)c(-c2cccc(Cl)c2Cl)n1. The van der Waals surface area contributed by atoms with Gasteiger partial charge in [-0.05, 0) is 13.0 Å². The summed E-state index contributed by atoms with van der Waals surface area (Å²) in [4.78, 5) is 11.2. The topological polar surface area (TPSA) is 55.1 Å². The average molecular weight is 285 g/mol. The maximum Gasteiger partial charge on any atom is 0.339 e. The standard InChI is InChI=1S/C12H10Cl2N2O2/c1-2-16-6-8(12(17)18)11(15-16)7-4-3-5-9(13)10(7)14/h3-6H,2H2,1H3,(H,17,18). The summed E-state index contributed by atoms with van der Waals surface area (Å²) in [6.45, 7) is 2.46. The van der Waals surface area contributed by atoms with Crippen molar-refractivity contribution in [1.82, 2.24) is 9.78 Å². The molecule has 0 amide bonds. The molecule has 0 aliphatic heterocycles. The van der Waals surface area contributed by atoms with Crippen molar-refractivity contribution in [1.29, 1.82) is 0 Å². The average Bonchev–Trinajstić information content (AvgIpc) is 2.77. The van der Waals surface area contributed by atoms with Crippen molar-refractivity contribution >= 4 is 29.2 Å². The maximum absolute atomic E-state index is 11.2. The van der Waals surface area contributed by atoms with Gasteiger partial charge in [0.2, 0.25) is 0 Å². The number of halogens is 2. The number of nitrogens with zero attached hydrogens (tertiary/aromatic N) is 2. The molecular formula is C12H10Cl2N2O2. The minimum atomic E-state index is -1.04. The lowest BCUT2D eigenvalue weighted by Crippen LogP contribution is -1.97. The Labute approximate surface area is 114 Å². The Morgan fingerprint density at radius 3 is 2.78 bits per heavy atom. The highest BCUT2D eigenvalue weighted by molar-refractivity contribution is 6.43. The van der Waals surface area contributed by atoms with Crippen molar-refractivity contribution in [2.24, 2.45) is 0 Å². The van der Waals surface area contributed by atoms with Crippen LogP contribution in [0.4, 0.5) is 0 Å². The highest BCUT2D eigenvalue weighted by Gasteiger charge is 2.19. The number of rotatable bonds is 3. The van der Waals surface area contributed by atoms with E-state index in [0.29, 0.717) is 27.8 Å². The molecular weight excluding hydrogens is 275 g/mol. The van der Waals surface area contributed by atoms with Crippen LogP contribution in [-0.2, 0) is 6.54 Å². The molecule has 0 saturated carbocycles. The monoisotopic (exact) mass is 284 g/mol. The van der Waals surface area contributed by atoms with Crippen LogP contribution in [0.3, 0.4) is 0 Å². The van der Waals surface area contributed by atoms with E-state index in [4.69, 9.17) is 28.3 Å². The second-order valence-corrected chi connectivity index (χ2v) is 4.44. The first-order chi connectivity index (χ1) is 8.54. The van der Waals surface area contributed by atoms with Gasteiger partial charge in [-0.2, -0.15) is 5.10 Å². The summed E-state index contributed by atoms with van der Waals surface area (Å²) in [6, 6.07) is 5.05. The Morgan fingerprint density at radius 1 is 1.44 bits per heavy atom. The molecule has 1 aromatic carbocycles. The quantitative estimate of drug-likeness (QED) is 0.937. The zero-order valence-electron chi connectivity index (χ0n) is 9.52. The molecule has 2 rings (SSSR count). The van der Waals surface area contributed by atoms with Crippen LogP contribution in [0.15, 0.2) is 24.4 Å². The van der Waals surface area contributed by atoms with Crippen molar-refractivity contribution in [2.75, 3.05) is 0 Å². The van der Waals surface area contributed by atoms with E-state index in [0.717, 1.165) is 0 Å². The number of hydrogen-bond donors (Lipinski definition) is 1. The van der Waals surface area contributed by atoms with E-state index in [1.54, 1.807) is 22.9 Å². The van der Waals surface area contributed by atoms with Gasteiger partial charge in [-0.25, -0.2) is 4.79 Å². The van der Waals surface area contributed by atoms with Crippen LogP contribution >= 0.6 is 23.2 Å². The Morgan fingerprint density at radius 2 is 2.17 bits per heavy atom. The van der Waals surface area contributed by atoms with Gasteiger partial charge < -0.3 is 5.11 Å². The van der Waals surface area contributed by atoms with Gasteiger partial charge in [0.25, 0.3) is 0 Å². The Kier molecular flexibility index (Phi) is 3.59. The maximum atomic E-state index is 11.2. The van der Waals surface area contributed by atoms with Gasteiger partial charge in [0.05, 0.1) is 10.0 Å². The second-order valence-electron chi connectivity index (χ2n) is 3.65. The van der Waals surface area contributed by atoms with Crippen LogP contribution in [0.5, 0.6) is 0 Å². The van der Waals surface area contributed by atoms with Gasteiger partial charge >= 0.3 is 5.97 Å². The van der Waals surface area contributed by atoms with Crippen molar-refractivity contribution in [3.05, 3.63) is 40.0 Å². The van der Waals surface area contributed by atoms with E-state index in [9.17, 15) is 4.79 Å². The summed E-state index contributed by atoms with van der Waals surface area (Å²) < 4.78 is 1.55. The third-order valence-corrected chi connectivity index (χ3v) is 3.34. The predicted octanol–water partition coefficient (Wildman–Crippen LogP) is 3.58. The number of aromatic carboxylic acids is 1. The molecule has 0 aliphatic rings. The van der Waals surface area contributed by atoms with Gasteiger partial charge in [0.15, 0.2) is 0 Å². The van der Waals surface area contributed by atoms with E-state index in [2.05, 4.69) is 5.10 Å². The summed E-state index contributed by atoms with van der Waals surface area (Å²) in [7, 11) is 0. The molecule has 0 aliphatic carbocycles. The van der Waals surface area contributed by atoms with Crippen molar-refractivity contribution in [3.8, 4) is 11.3 Å². The van der Waals surface area contributed by atoms with E-state index in [1.165, 1.54) is 6.20 Å². The Balaban J connectivity index is 2.66. The van der Waals surface area contributed by atoms with E-state index in [1.807, 2.05) is 6.92 Å². The first kappa shape index (κ1) is 12.9. The van der Waals surface area contributed by atoms with Gasteiger partial charge in [0.1, 0.15) is 11.3 Å². The van der Waals surface area contributed by atoms with Gasteiger partial charge in [0, 0.05) is 18.3 Å². The summed E-state index contributed by atoms with van der Waals surface area (Å²) in [6.07, 6.45) is 1.48. The summed E-state index contributed by atoms with van der Waals surface area (Å²) >= 11 is 12.0. The molecule has 1 heterocycles. The van der Waals surface area contributed by atoms with Crippen molar-refractivity contribution in [2.45, 2.75) is 13.5 Å². The fourth-order valence-electron chi connectivity index (χ4n) is 1.63. The van der Waals surface area contributed by atoms with Crippen LogP contribution in [0.1, 0.15) is 17.3 Å². The molecule has 1 N–H and O–H groups in total. The number of aryl methyl sites for hydroxylation is 1. The molecule has 0 bridgehead atoms. The molecule has 18 heavy (non-hydrogen) atoms. The van der Waals surface area contributed by atoms with Crippen molar-refractivity contribution in [3.63, 3.8) is 0 Å². The van der Waals surface area contributed by atoms with Crippen LogP contribution in [0.2, 0.25) is 10.0 Å². The zero-order chi connectivity index (χ0) is 13.3. The number of carboxylic acids is 1. The first-order valence-electron chi connectivity index (χ1n) is 5.29. The third-order valence-electron chi connectivity index (χ3n) is 2.52. The molecule has 0 saturated heterocycles. The number of carboxylic acid groups (broad SMARTS) is 1. The van der Waals surface area contributed by atoms with Crippen LogP contribution in [0, 0.1) is 0 Å². The fourth-order valence-corrected chi connectivity index (χ4v) is 2.02. The van der Waals surface area contributed by atoms with Gasteiger partial charge in [-0.3, -0.25) is 4.68 Å². The highest BCUT2D eigenvalue weighted by atomic mass is 35.5. The highest BCUT2D eigenvalue weighted by Crippen LogP contribution is 2.34. The van der Waals surface area contributed by atoms with Crippen LogP contribution in [-0.4, -0.2) is 20.9 Å². The minimum absolute atomic E-state index is 0.112. The number of hydrogen-bond acceptors (Lipinski definition) is 2. The molecule has 94 valence electrons. The van der Waals surface area contributed by atoms with Crippen molar-refractivity contribution < 1.29 is 9.90 Å². The number of benzene rings is 1. The zero-order valence-corrected chi connectivity index (χ0v) is 11.0. The summed E-state index contributed by atoms with van der Waals surface area (Å²) in [5.41, 5.74) is 0.964. The van der Waals surface area contributed by atoms with E-state index in [-0.39, 0.29) is 5.56 Å². The molecule has 0 atom stereocenters. The molecule has 0 fully saturated rings. The first-order valence-corrected chi connectivity index (χ1v) is 6.05. The van der Waals surface area contributed by atoms with Crippen LogP contribution in [0.25, 0.3) is 11.3 Å². The normalized spacial score (nSPS) is 10.6. The minimum Gasteiger partial charge on any atom is -0.478 e. The molecule has 6 heteroatoms. The van der Waals surface area contributed by atoms with Crippen LogP contribution < -0.4 is 0 Å². The lowest BCUT2D eigenvalue weighted by atomic mass is 10.1. The molecule has 0 radical (unpaired) electrons. The summed E-state index contributed by atoms with van der Waals surface area (Å²) in [5, 5.41) is 14.1. The fraction of sp³-hybridized carbons (Fsp3) is 0.167. The molecule has 4 nitrogen and oxygen atoms in total. The number of carbonyl (C=O) groups is 1. The van der Waals surface area contributed by atoms with E-state index >= 15 is 0 Å². The molecule has 0 spiro atoms. The smallest absolute Gasteiger partial charge is 0.339 e. The number of aromatic nitrogens is 2. The lowest BCUT2D eigenvalue weighted by molar-refractivity contribution is 0.0697. The Bertz CT molecular complexity index is 608. The molecule has 2 aromatic rings. The lowest BCUT2D eigenvalue weighted by Gasteiger charge is -2.03. The predicted molar refractivity (Wildman–Crippen MR) is 70.3 cm³/mol. The summed E-state index contributed by atoms with van der Waals surface area (Å²) in [5.74, 6) is -1.04. The molecule has 0 unspecified atom stereocenters. The Hall–Kier alpha value is -1.52. The molecule has 1 aromatic heterocycles. The third kappa shape index (κ3) is 2.21. The van der Waals surface area contributed by atoms with Gasteiger partial charge in [-0.15, -0.1) is 0 Å².